The third-order valence-corrected chi connectivity index (χ3v) is 5.74. The van der Waals surface area contributed by atoms with Crippen molar-refractivity contribution in [3.8, 4) is 10.6 Å². The van der Waals surface area contributed by atoms with Crippen LogP contribution in [0.3, 0.4) is 0 Å². The van der Waals surface area contributed by atoms with Crippen LogP contribution in [-0.4, -0.2) is 16.6 Å². The number of nitrogens with one attached hydrogen (secondary N) is 1. The van der Waals surface area contributed by atoms with Gasteiger partial charge in [0.2, 0.25) is 5.91 Å². The van der Waals surface area contributed by atoms with E-state index >= 15 is 0 Å². The summed E-state index contributed by atoms with van der Waals surface area (Å²) in [5.74, 6) is 0.580. The van der Waals surface area contributed by atoms with Gasteiger partial charge in [0.1, 0.15) is 10.8 Å². The molecule has 2 aromatic carbocycles. The average Bonchev–Trinajstić information content (AvgIpc) is 3.07. The van der Waals surface area contributed by atoms with Crippen LogP contribution in [0.5, 0.6) is 0 Å². The molecule has 134 valence electrons. The van der Waals surface area contributed by atoms with Crippen molar-refractivity contribution in [1.82, 2.24) is 4.98 Å². The average molecular weight is 407 g/mol. The molecule has 0 fully saturated rings. The zero-order valence-corrected chi connectivity index (χ0v) is 16.3. The van der Waals surface area contributed by atoms with Crippen LogP contribution < -0.4 is 5.32 Å². The molecule has 0 aliphatic heterocycles. The van der Waals surface area contributed by atoms with Crippen molar-refractivity contribution in [3.05, 3.63) is 69.9 Å². The van der Waals surface area contributed by atoms with E-state index in [1.807, 2.05) is 24.4 Å². The van der Waals surface area contributed by atoms with Gasteiger partial charge >= 0.3 is 0 Å². The number of nitrogens with zero attached hydrogens (tertiary/aromatic N) is 1. The van der Waals surface area contributed by atoms with Gasteiger partial charge < -0.3 is 5.32 Å². The molecule has 0 unspecified atom stereocenters. The molecule has 0 spiro atoms. The number of carbonyl (C=O) groups is 1. The molecule has 1 amide bonds. The molecule has 0 bridgehead atoms. The Hall–Kier alpha value is -1.89. The number of aryl methyl sites for hydroxylation is 1. The van der Waals surface area contributed by atoms with Crippen molar-refractivity contribution in [3.63, 3.8) is 0 Å². The van der Waals surface area contributed by atoms with Gasteiger partial charge in [-0.15, -0.1) is 23.1 Å². The number of amides is 1. The highest BCUT2D eigenvalue weighted by molar-refractivity contribution is 7.99. The van der Waals surface area contributed by atoms with Crippen LogP contribution in [0.1, 0.15) is 11.3 Å². The smallest absolute Gasteiger partial charge is 0.234 e. The van der Waals surface area contributed by atoms with E-state index in [9.17, 15) is 9.18 Å². The second kappa shape index (κ2) is 8.66. The largest absolute Gasteiger partial charge is 0.324 e. The Kier molecular flexibility index (Phi) is 6.29. The molecule has 0 aliphatic carbocycles. The molecule has 1 heterocycles. The predicted molar refractivity (Wildman–Crippen MR) is 108 cm³/mol. The van der Waals surface area contributed by atoms with E-state index in [0.29, 0.717) is 22.2 Å². The normalized spacial score (nSPS) is 10.7. The quantitative estimate of drug-likeness (QED) is 0.563. The third-order valence-electron chi connectivity index (χ3n) is 3.52. The third kappa shape index (κ3) is 5.06. The zero-order valence-electron chi connectivity index (χ0n) is 14.0. The van der Waals surface area contributed by atoms with Crippen molar-refractivity contribution < 1.29 is 9.18 Å². The number of halogens is 2. The number of thioether (sulfide) groups is 1. The summed E-state index contributed by atoms with van der Waals surface area (Å²) in [6.07, 6.45) is 0. The van der Waals surface area contributed by atoms with Gasteiger partial charge in [-0.2, -0.15) is 0 Å². The number of carbonyl (C=O) groups excluding carboxylic acids is 1. The Bertz CT molecular complexity index is 912. The highest BCUT2D eigenvalue weighted by Crippen LogP contribution is 2.26. The summed E-state index contributed by atoms with van der Waals surface area (Å²) >= 11 is 9.11. The van der Waals surface area contributed by atoms with Crippen LogP contribution in [0.2, 0.25) is 5.02 Å². The van der Waals surface area contributed by atoms with Gasteiger partial charge in [0.05, 0.1) is 22.2 Å². The Balaban J connectivity index is 1.50. The lowest BCUT2D eigenvalue weighted by Crippen LogP contribution is -2.14. The first-order valence-corrected chi connectivity index (χ1v) is 10.3. The molecule has 0 radical (unpaired) electrons. The summed E-state index contributed by atoms with van der Waals surface area (Å²) < 4.78 is 13.0. The molecule has 0 saturated carbocycles. The van der Waals surface area contributed by atoms with Crippen LogP contribution in [0.4, 0.5) is 10.1 Å². The molecule has 1 N–H and O–H groups in total. The van der Waals surface area contributed by atoms with Gasteiger partial charge in [0.25, 0.3) is 0 Å². The minimum absolute atomic E-state index is 0.102. The number of thiazole rings is 1. The summed E-state index contributed by atoms with van der Waals surface area (Å²) in [7, 11) is 0. The van der Waals surface area contributed by atoms with Gasteiger partial charge in [-0.25, -0.2) is 9.37 Å². The van der Waals surface area contributed by atoms with Crippen molar-refractivity contribution in [2.75, 3.05) is 11.1 Å². The number of aromatic nitrogens is 1. The molecular formula is C19H16ClFN2OS2. The fourth-order valence-corrected chi connectivity index (χ4v) is 4.18. The Morgan fingerprint density at radius 3 is 2.77 bits per heavy atom. The number of hydrogen-bond acceptors (Lipinski definition) is 4. The topological polar surface area (TPSA) is 42.0 Å². The minimum atomic E-state index is -0.263. The Morgan fingerprint density at radius 1 is 1.27 bits per heavy atom. The maximum Gasteiger partial charge on any atom is 0.234 e. The zero-order chi connectivity index (χ0) is 18.5. The second-order valence-electron chi connectivity index (χ2n) is 5.68. The van der Waals surface area contributed by atoms with Crippen molar-refractivity contribution in [2.45, 2.75) is 12.7 Å². The molecule has 1 aromatic heterocycles. The summed E-state index contributed by atoms with van der Waals surface area (Å²) in [4.78, 5) is 16.6. The first kappa shape index (κ1) is 18.9. The van der Waals surface area contributed by atoms with Crippen LogP contribution in [0.25, 0.3) is 10.6 Å². The summed E-state index contributed by atoms with van der Waals surface area (Å²) in [5, 5.41) is 6.15. The monoisotopic (exact) mass is 406 g/mol. The van der Waals surface area contributed by atoms with Crippen LogP contribution >= 0.6 is 34.7 Å². The van der Waals surface area contributed by atoms with E-state index in [4.69, 9.17) is 11.6 Å². The molecule has 0 aliphatic rings. The lowest BCUT2D eigenvalue weighted by Gasteiger charge is -2.07. The van der Waals surface area contributed by atoms with Gasteiger partial charge in [-0.1, -0.05) is 17.7 Å². The molecular weight excluding hydrogens is 391 g/mol. The Morgan fingerprint density at radius 2 is 2.04 bits per heavy atom. The maximum atomic E-state index is 13.0. The number of benzene rings is 2. The van der Waals surface area contributed by atoms with Crippen molar-refractivity contribution in [2.24, 2.45) is 0 Å². The van der Waals surface area contributed by atoms with Crippen molar-refractivity contribution in [1.29, 1.82) is 0 Å². The fourth-order valence-electron chi connectivity index (χ4n) is 2.25. The van der Waals surface area contributed by atoms with Crippen LogP contribution in [-0.2, 0) is 10.5 Å². The summed E-state index contributed by atoms with van der Waals surface area (Å²) in [5.41, 5.74) is 3.46. The molecule has 0 atom stereocenters. The van der Waals surface area contributed by atoms with Gasteiger partial charge in [0.15, 0.2) is 0 Å². The highest BCUT2D eigenvalue weighted by Gasteiger charge is 2.09. The van der Waals surface area contributed by atoms with Crippen LogP contribution in [0.15, 0.2) is 47.8 Å². The Labute approximate surface area is 164 Å². The maximum absolute atomic E-state index is 13.0. The molecule has 3 rings (SSSR count). The SMILES string of the molecule is Cc1ccc(NC(=O)CSCc2csc(-c3ccc(F)cc3)n2)c(Cl)c1. The van der Waals surface area contributed by atoms with Crippen LogP contribution in [0, 0.1) is 12.7 Å². The first-order valence-electron chi connectivity index (χ1n) is 7.85. The van der Waals surface area contributed by atoms with E-state index in [2.05, 4.69) is 10.3 Å². The lowest BCUT2D eigenvalue weighted by atomic mass is 10.2. The standard InChI is InChI=1S/C19H16ClFN2OS2/c1-12-2-7-17(16(20)8-12)23-18(24)11-25-9-15-10-26-19(22-15)13-3-5-14(21)6-4-13/h2-8,10H,9,11H2,1H3,(H,23,24). The predicted octanol–water partition coefficient (Wildman–Crippen LogP) is 5.78. The molecule has 3 aromatic rings. The lowest BCUT2D eigenvalue weighted by molar-refractivity contribution is -0.113. The van der Waals surface area contributed by atoms with Gasteiger partial charge in [0, 0.05) is 16.7 Å². The minimum Gasteiger partial charge on any atom is -0.324 e. The molecule has 26 heavy (non-hydrogen) atoms. The highest BCUT2D eigenvalue weighted by atomic mass is 35.5. The van der Waals surface area contributed by atoms with Gasteiger partial charge in [-0.05, 0) is 48.9 Å². The molecule has 3 nitrogen and oxygen atoms in total. The van der Waals surface area contributed by atoms with E-state index < -0.39 is 0 Å². The van der Waals surface area contributed by atoms with E-state index in [-0.39, 0.29) is 11.7 Å². The van der Waals surface area contributed by atoms with Crippen molar-refractivity contribution >= 4 is 46.3 Å². The molecule has 0 saturated heterocycles. The first-order chi connectivity index (χ1) is 12.5. The van der Waals surface area contributed by atoms with E-state index in [0.717, 1.165) is 21.8 Å². The molecule has 7 heteroatoms. The number of rotatable bonds is 6. The second-order valence-corrected chi connectivity index (χ2v) is 7.93. The number of anilines is 1. The summed E-state index contributed by atoms with van der Waals surface area (Å²) in [6, 6.07) is 11.8. The van der Waals surface area contributed by atoms with E-state index in [1.54, 1.807) is 18.2 Å². The number of hydrogen-bond donors (Lipinski definition) is 1. The fraction of sp³-hybridized carbons (Fsp3) is 0.158. The van der Waals surface area contributed by atoms with E-state index in [1.165, 1.54) is 35.2 Å². The van der Waals surface area contributed by atoms with Gasteiger partial charge in [-0.3, -0.25) is 4.79 Å². The summed E-state index contributed by atoms with van der Waals surface area (Å²) in [6.45, 7) is 1.95.